The minimum absolute atomic E-state index is 0.0226. The van der Waals surface area contributed by atoms with E-state index in [-0.39, 0.29) is 18.0 Å². The Labute approximate surface area is 103 Å². The van der Waals surface area contributed by atoms with Gasteiger partial charge in [0, 0.05) is 12.8 Å². The van der Waals surface area contributed by atoms with E-state index in [0.717, 1.165) is 12.8 Å². The molecule has 2 fully saturated rings. The Balaban J connectivity index is 1.90. The molecule has 2 rings (SSSR count). The quantitative estimate of drug-likeness (QED) is 0.689. The van der Waals surface area contributed by atoms with Crippen molar-refractivity contribution in [3.8, 4) is 0 Å². The average molecular weight is 238 g/mol. The van der Waals surface area contributed by atoms with E-state index in [9.17, 15) is 0 Å². The molecule has 2 atom stereocenters. The smallest absolute Gasteiger partial charge is 0.169 e. The van der Waals surface area contributed by atoms with Crippen LogP contribution in [0.15, 0.2) is 25.3 Å². The van der Waals surface area contributed by atoms with Crippen LogP contribution in [0.25, 0.3) is 0 Å². The van der Waals surface area contributed by atoms with Crippen molar-refractivity contribution >= 4 is 0 Å². The number of ether oxygens (including phenoxy) is 3. The van der Waals surface area contributed by atoms with Crippen molar-refractivity contribution in [2.24, 2.45) is 0 Å². The number of hydrogen-bond acceptors (Lipinski definition) is 3. The average Bonchev–Trinajstić information content (AvgIpc) is 2.75. The van der Waals surface area contributed by atoms with Crippen molar-refractivity contribution in [2.45, 2.75) is 50.1 Å². The summed E-state index contributed by atoms with van der Waals surface area (Å²) in [7, 11) is 0. The third-order valence-electron chi connectivity index (χ3n) is 3.50. The van der Waals surface area contributed by atoms with E-state index in [1.807, 2.05) is 0 Å². The second-order valence-electron chi connectivity index (χ2n) is 4.76. The molecule has 0 aromatic carbocycles. The fourth-order valence-electron chi connectivity index (χ4n) is 2.60. The molecule has 1 saturated carbocycles. The van der Waals surface area contributed by atoms with E-state index in [4.69, 9.17) is 14.2 Å². The molecule has 0 unspecified atom stereocenters. The lowest BCUT2D eigenvalue weighted by Gasteiger charge is -2.32. The van der Waals surface area contributed by atoms with Crippen molar-refractivity contribution in [1.29, 1.82) is 0 Å². The van der Waals surface area contributed by atoms with Crippen LogP contribution in [0.4, 0.5) is 0 Å². The van der Waals surface area contributed by atoms with Crippen molar-refractivity contribution < 1.29 is 14.2 Å². The van der Waals surface area contributed by atoms with Gasteiger partial charge in [0.15, 0.2) is 5.79 Å². The largest absolute Gasteiger partial charge is 0.367 e. The molecule has 1 aliphatic carbocycles. The summed E-state index contributed by atoms with van der Waals surface area (Å²) < 4.78 is 17.6. The van der Waals surface area contributed by atoms with Crippen LogP contribution in [0.1, 0.15) is 32.1 Å². The van der Waals surface area contributed by atoms with Gasteiger partial charge in [-0.2, -0.15) is 0 Å². The molecule has 0 aromatic heterocycles. The van der Waals surface area contributed by atoms with Crippen LogP contribution in [0.3, 0.4) is 0 Å². The van der Waals surface area contributed by atoms with Crippen LogP contribution in [0.2, 0.25) is 0 Å². The third-order valence-corrected chi connectivity index (χ3v) is 3.50. The van der Waals surface area contributed by atoms with Crippen LogP contribution in [-0.2, 0) is 14.2 Å². The fourth-order valence-corrected chi connectivity index (χ4v) is 2.60. The molecule has 0 bridgehead atoms. The first kappa shape index (κ1) is 12.8. The predicted octanol–water partition coefficient (Wildman–Crippen LogP) is 2.82. The van der Waals surface area contributed by atoms with Crippen LogP contribution in [0, 0.1) is 0 Å². The van der Waals surface area contributed by atoms with E-state index in [0.29, 0.717) is 13.2 Å². The van der Waals surface area contributed by atoms with Crippen molar-refractivity contribution in [3.05, 3.63) is 25.3 Å². The summed E-state index contributed by atoms with van der Waals surface area (Å²) in [5.41, 5.74) is 0. The Morgan fingerprint density at radius 3 is 2.71 bits per heavy atom. The Kier molecular flexibility index (Phi) is 4.37. The first-order chi connectivity index (χ1) is 8.29. The zero-order chi connectivity index (χ0) is 12.1. The van der Waals surface area contributed by atoms with Crippen LogP contribution >= 0.6 is 0 Å². The SMILES string of the molecule is C=CCO[C@H](C=C)[C@H]1COC2(CCCCC2)O1. The van der Waals surface area contributed by atoms with Crippen molar-refractivity contribution in [2.75, 3.05) is 13.2 Å². The Hall–Kier alpha value is -0.640. The first-order valence-corrected chi connectivity index (χ1v) is 6.46. The maximum Gasteiger partial charge on any atom is 0.169 e. The summed E-state index contributed by atoms with van der Waals surface area (Å²) in [6.45, 7) is 8.57. The van der Waals surface area contributed by atoms with Gasteiger partial charge in [0.2, 0.25) is 0 Å². The highest BCUT2D eigenvalue weighted by atomic mass is 16.8. The molecule has 96 valence electrons. The Morgan fingerprint density at radius 1 is 1.29 bits per heavy atom. The van der Waals surface area contributed by atoms with Crippen LogP contribution in [0.5, 0.6) is 0 Å². The van der Waals surface area contributed by atoms with E-state index >= 15 is 0 Å². The molecule has 17 heavy (non-hydrogen) atoms. The molecule has 1 spiro atoms. The molecule has 0 N–H and O–H groups in total. The Morgan fingerprint density at radius 2 is 2.06 bits per heavy atom. The van der Waals surface area contributed by atoms with Gasteiger partial charge in [0.05, 0.1) is 13.2 Å². The zero-order valence-electron chi connectivity index (χ0n) is 10.4. The molecule has 1 saturated heterocycles. The third kappa shape index (κ3) is 2.97. The highest BCUT2D eigenvalue weighted by Crippen LogP contribution is 2.38. The lowest BCUT2D eigenvalue weighted by Crippen LogP contribution is -2.36. The van der Waals surface area contributed by atoms with Crippen molar-refractivity contribution in [3.63, 3.8) is 0 Å². The lowest BCUT2D eigenvalue weighted by molar-refractivity contribution is -0.195. The van der Waals surface area contributed by atoms with E-state index < -0.39 is 0 Å². The molecule has 0 radical (unpaired) electrons. The van der Waals surface area contributed by atoms with Gasteiger partial charge in [-0.1, -0.05) is 18.6 Å². The van der Waals surface area contributed by atoms with Gasteiger partial charge in [-0.3, -0.25) is 0 Å². The van der Waals surface area contributed by atoms with Crippen LogP contribution < -0.4 is 0 Å². The molecule has 1 aliphatic heterocycles. The van der Waals surface area contributed by atoms with Crippen molar-refractivity contribution in [1.82, 2.24) is 0 Å². The first-order valence-electron chi connectivity index (χ1n) is 6.46. The summed E-state index contributed by atoms with van der Waals surface area (Å²) in [6.07, 6.45) is 9.10. The summed E-state index contributed by atoms with van der Waals surface area (Å²) >= 11 is 0. The molecule has 1 heterocycles. The zero-order valence-corrected chi connectivity index (χ0v) is 10.4. The van der Waals surface area contributed by atoms with E-state index in [1.165, 1.54) is 19.3 Å². The molecular formula is C14H22O3. The van der Waals surface area contributed by atoms with Gasteiger partial charge in [0.25, 0.3) is 0 Å². The Bertz CT molecular complexity index is 269. The normalized spacial score (nSPS) is 29.1. The maximum atomic E-state index is 6.09. The van der Waals surface area contributed by atoms with Gasteiger partial charge < -0.3 is 14.2 Å². The second kappa shape index (κ2) is 5.80. The van der Waals surface area contributed by atoms with Gasteiger partial charge in [-0.05, 0) is 12.8 Å². The lowest BCUT2D eigenvalue weighted by atomic mass is 9.94. The molecule has 3 nitrogen and oxygen atoms in total. The second-order valence-corrected chi connectivity index (χ2v) is 4.76. The van der Waals surface area contributed by atoms with Gasteiger partial charge in [0.1, 0.15) is 12.2 Å². The topological polar surface area (TPSA) is 27.7 Å². The molecule has 3 heteroatoms. The number of rotatable bonds is 5. The summed E-state index contributed by atoms with van der Waals surface area (Å²) in [5, 5.41) is 0. The number of hydrogen-bond donors (Lipinski definition) is 0. The van der Waals surface area contributed by atoms with Gasteiger partial charge >= 0.3 is 0 Å². The standard InChI is InChI=1S/C14H22O3/c1-3-10-15-12(4-2)13-11-16-14(17-13)8-6-5-7-9-14/h3-4,12-13H,1-2,5-11H2/t12-,13-/m1/s1. The van der Waals surface area contributed by atoms with Gasteiger partial charge in [-0.15, -0.1) is 13.2 Å². The molecule has 2 aliphatic rings. The molecule has 0 aromatic rings. The predicted molar refractivity (Wildman–Crippen MR) is 66.8 cm³/mol. The highest BCUT2D eigenvalue weighted by Gasteiger charge is 2.44. The minimum Gasteiger partial charge on any atom is -0.367 e. The summed E-state index contributed by atoms with van der Waals surface area (Å²) in [4.78, 5) is 0. The maximum absolute atomic E-state index is 6.09. The van der Waals surface area contributed by atoms with E-state index in [1.54, 1.807) is 12.2 Å². The minimum atomic E-state index is -0.332. The monoisotopic (exact) mass is 238 g/mol. The molecular weight excluding hydrogens is 216 g/mol. The summed E-state index contributed by atoms with van der Waals surface area (Å²) in [5.74, 6) is -0.332. The molecule has 0 amide bonds. The van der Waals surface area contributed by atoms with Gasteiger partial charge in [-0.25, -0.2) is 0 Å². The summed E-state index contributed by atoms with van der Waals surface area (Å²) in [6, 6.07) is 0. The van der Waals surface area contributed by atoms with Crippen LogP contribution in [-0.4, -0.2) is 31.2 Å². The highest BCUT2D eigenvalue weighted by molar-refractivity contribution is 4.93. The van der Waals surface area contributed by atoms with E-state index in [2.05, 4.69) is 13.2 Å². The fraction of sp³-hybridized carbons (Fsp3) is 0.714.